The van der Waals surface area contributed by atoms with Gasteiger partial charge in [-0.05, 0) is 78.7 Å². The highest BCUT2D eigenvalue weighted by atomic mass is 16.2. The molecule has 0 unspecified atom stereocenters. The maximum Gasteiger partial charge on any atom is 0.227 e. The fourth-order valence-electron chi connectivity index (χ4n) is 4.69. The second kappa shape index (κ2) is 10.5. The molecule has 3 aromatic rings. The number of nitrogens with zero attached hydrogens (tertiary/aromatic N) is 3. The van der Waals surface area contributed by atoms with Crippen molar-refractivity contribution in [1.29, 1.82) is 0 Å². The van der Waals surface area contributed by atoms with E-state index < -0.39 is 5.41 Å². The van der Waals surface area contributed by atoms with Crippen LogP contribution >= 0.6 is 0 Å². The van der Waals surface area contributed by atoms with Gasteiger partial charge in [-0.1, -0.05) is 31.2 Å². The van der Waals surface area contributed by atoms with Crippen LogP contribution in [0.5, 0.6) is 0 Å². The summed E-state index contributed by atoms with van der Waals surface area (Å²) in [5.74, 6) is 0.192. The number of rotatable bonds is 8. The highest BCUT2D eigenvalue weighted by molar-refractivity contribution is 5.83. The topological polar surface area (TPSA) is 58.1 Å². The molecule has 4 rings (SSSR count). The van der Waals surface area contributed by atoms with Gasteiger partial charge in [0.15, 0.2) is 0 Å². The van der Waals surface area contributed by atoms with Gasteiger partial charge >= 0.3 is 0 Å². The maximum atomic E-state index is 13.4. The third-order valence-electron chi connectivity index (χ3n) is 6.34. The van der Waals surface area contributed by atoms with Gasteiger partial charge < -0.3 is 5.32 Å². The number of likely N-dealkylation sites (tertiary alicyclic amines) is 1. The van der Waals surface area contributed by atoms with Crippen molar-refractivity contribution < 1.29 is 4.79 Å². The van der Waals surface area contributed by atoms with Crippen LogP contribution in [0.25, 0.3) is 11.1 Å². The number of hydrogen-bond donors (Lipinski definition) is 1. The molecule has 0 spiro atoms. The second-order valence-corrected chi connectivity index (χ2v) is 8.82. The molecule has 166 valence electrons. The summed E-state index contributed by atoms with van der Waals surface area (Å²) in [4.78, 5) is 24.1. The number of pyridine rings is 2. The van der Waals surface area contributed by atoms with Crippen LogP contribution in [0.15, 0.2) is 73.3 Å². The minimum absolute atomic E-state index is 0.192. The summed E-state index contributed by atoms with van der Waals surface area (Å²) in [6, 6.07) is 16.8. The van der Waals surface area contributed by atoms with Crippen LogP contribution < -0.4 is 5.32 Å². The van der Waals surface area contributed by atoms with E-state index in [9.17, 15) is 4.79 Å². The fourth-order valence-corrected chi connectivity index (χ4v) is 4.69. The Morgan fingerprint density at radius 1 is 0.938 bits per heavy atom. The van der Waals surface area contributed by atoms with E-state index in [0.717, 1.165) is 57.4 Å². The normalized spacial score (nSPS) is 18.9. The van der Waals surface area contributed by atoms with Gasteiger partial charge in [0.25, 0.3) is 0 Å². The van der Waals surface area contributed by atoms with Crippen molar-refractivity contribution in [1.82, 2.24) is 20.2 Å². The third kappa shape index (κ3) is 5.40. The molecule has 1 aromatic carbocycles. The number of nitrogens with one attached hydrogen (secondary N) is 1. The SMILES string of the molecule is CCCNC(=O)[C@@]1(Cc2ccc(-c3ccncc3)cc2)CCCN(Cc2ccncc2)C1. The van der Waals surface area contributed by atoms with Gasteiger partial charge in [-0.3, -0.25) is 19.7 Å². The summed E-state index contributed by atoms with van der Waals surface area (Å²) < 4.78 is 0. The van der Waals surface area contributed by atoms with Crippen molar-refractivity contribution in [2.75, 3.05) is 19.6 Å². The van der Waals surface area contributed by atoms with E-state index in [1.54, 1.807) is 0 Å². The van der Waals surface area contributed by atoms with E-state index in [2.05, 4.69) is 63.5 Å². The highest BCUT2D eigenvalue weighted by Gasteiger charge is 2.42. The number of amides is 1. The zero-order valence-electron chi connectivity index (χ0n) is 18.8. The third-order valence-corrected chi connectivity index (χ3v) is 6.34. The molecule has 1 amide bonds. The first kappa shape index (κ1) is 22.2. The number of carbonyl (C=O) groups is 1. The minimum atomic E-state index is -0.404. The van der Waals surface area contributed by atoms with Crippen molar-refractivity contribution in [2.24, 2.45) is 5.41 Å². The van der Waals surface area contributed by atoms with Crippen molar-refractivity contribution in [3.63, 3.8) is 0 Å². The Hall–Kier alpha value is -3.05. The lowest BCUT2D eigenvalue weighted by molar-refractivity contribution is -0.134. The molecule has 5 heteroatoms. The standard InChI is InChI=1S/C27H32N4O/c1-2-13-30-26(32)27(12-3-18-31(21-27)20-23-8-14-28-15-9-23)19-22-4-6-24(7-5-22)25-10-16-29-17-11-25/h4-11,14-17H,2-3,12-13,18-21H2,1H3,(H,30,32)/t27-/m1/s1. The largest absolute Gasteiger partial charge is 0.356 e. The molecule has 1 aliphatic rings. The first-order valence-corrected chi connectivity index (χ1v) is 11.6. The summed E-state index contributed by atoms with van der Waals surface area (Å²) in [6.45, 7) is 5.47. The van der Waals surface area contributed by atoms with Gasteiger partial charge in [0.1, 0.15) is 0 Å². The molecule has 0 aliphatic carbocycles. The summed E-state index contributed by atoms with van der Waals surface area (Å²) in [5, 5.41) is 3.20. The number of aromatic nitrogens is 2. The Morgan fingerprint density at radius 2 is 1.59 bits per heavy atom. The Kier molecular flexibility index (Phi) is 7.28. The van der Waals surface area contributed by atoms with E-state index in [1.807, 2.05) is 36.9 Å². The lowest BCUT2D eigenvalue weighted by Gasteiger charge is -2.42. The average molecular weight is 429 g/mol. The molecule has 32 heavy (non-hydrogen) atoms. The van der Waals surface area contributed by atoms with Crippen molar-refractivity contribution in [3.8, 4) is 11.1 Å². The van der Waals surface area contributed by atoms with E-state index in [1.165, 1.54) is 16.7 Å². The van der Waals surface area contributed by atoms with Crippen LogP contribution in [0, 0.1) is 5.41 Å². The first-order chi connectivity index (χ1) is 15.7. The maximum absolute atomic E-state index is 13.4. The molecule has 3 heterocycles. The van der Waals surface area contributed by atoms with Crippen LogP contribution in [0.4, 0.5) is 0 Å². The molecular weight excluding hydrogens is 396 g/mol. The Bertz CT molecular complexity index is 991. The van der Waals surface area contributed by atoms with Crippen molar-refractivity contribution in [2.45, 2.75) is 39.2 Å². The van der Waals surface area contributed by atoms with E-state index in [0.29, 0.717) is 0 Å². The van der Waals surface area contributed by atoms with Gasteiger partial charge in [-0.25, -0.2) is 0 Å². The predicted octanol–water partition coefficient (Wildman–Crippen LogP) is 4.49. The second-order valence-electron chi connectivity index (χ2n) is 8.82. The van der Waals surface area contributed by atoms with Crippen molar-refractivity contribution in [3.05, 3.63) is 84.4 Å². The lowest BCUT2D eigenvalue weighted by Crippen LogP contribution is -2.53. The number of hydrogen-bond acceptors (Lipinski definition) is 4. The van der Waals surface area contributed by atoms with Crippen molar-refractivity contribution >= 4 is 5.91 Å². The van der Waals surface area contributed by atoms with E-state index in [4.69, 9.17) is 0 Å². The van der Waals surface area contributed by atoms with Gasteiger partial charge in [-0.2, -0.15) is 0 Å². The zero-order valence-corrected chi connectivity index (χ0v) is 18.8. The zero-order chi connectivity index (χ0) is 22.2. The van der Waals surface area contributed by atoms with Crippen LogP contribution in [0.3, 0.4) is 0 Å². The summed E-state index contributed by atoms with van der Waals surface area (Å²) >= 11 is 0. The van der Waals surface area contributed by atoms with Crippen LogP contribution in [-0.2, 0) is 17.8 Å². The molecular formula is C27H32N4O. The number of piperidine rings is 1. The summed E-state index contributed by atoms with van der Waals surface area (Å²) in [7, 11) is 0. The molecule has 1 N–H and O–H groups in total. The van der Waals surface area contributed by atoms with Crippen LogP contribution in [0.1, 0.15) is 37.3 Å². The molecule has 0 radical (unpaired) electrons. The smallest absolute Gasteiger partial charge is 0.227 e. The van der Waals surface area contributed by atoms with Crippen LogP contribution in [0.2, 0.25) is 0 Å². The van der Waals surface area contributed by atoms with Gasteiger partial charge in [0.05, 0.1) is 5.41 Å². The quantitative estimate of drug-likeness (QED) is 0.574. The summed E-state index contributed by atoms with van der Waals surface area (Å²) in [6.07, 6.45) is 11.0. The van der Waals surface area contributed by atoms with Gasteiger partial charge in [-0.15, -0.1) is 0 Å². The molecule has 1 fully saturated rings. The highest BCUT2D eigenvalue weighted by Crippen LogP contribution is 2.35. The summed E-state index contributed by atoms with van der Waals surface area (Å²) in [5.41, 5.74) is 4.37. The molecule has 5 nitrogen and oxygen atoms in total. The molecule has 0 saturated carbocycles. The predicted molar refractivity (Wildman–Crippen MR) is 128 cm³/mol. The fraction of sp³-hybridized carbons (Fsp3) is 0.370. The Balaban J connectivity index is 1.54. The molecule has 1 saturated heterocycles. The van der Waals surface area contributed by atoms with E-state index in [-0.39, 0.29) is 5.91 Å². The first-order valence-electron chi connectivity index (χ1n) is 11.6. The molecule has 1 atom stereocenters. The lowest BCUT2D eigenvalue weighted by atomic mass is 9.74. The molecule has 2 aromatic heterocycles. The molecule has 0 bridgehead atoms. The molecule has 1 aliphatic heterocycles. The van der Waals surface area contributed by atoms with E-state index >= 15 is 0 Å². The number of carbonyl (C=O) groups excluding carboxylic acids is 1. The monoisotopic (exact) mass is 428 g/mol. The average Bonchev–Trinajstić information content (AvgIpc) is 2.84. The number of benzene rings is 1. The van der Waals surface area contributed by atoms with Crippen LogP contribution in [-0.4, -0.2) is 40.4 Å². The van der Waals surface area contributed by atoms with Gasteiger partial charge in [0.2, 0.25) is 5.91 Å². The van der Waals surface area contributed by atoms with Gasteiger partial charge in [0, 0.05) is 44.4 Å². The minimum Gasteiger partial charge on any atom is -0.356 e. The Labute approximate surface area is 190 Å². The Morgan fingerprint density at radius 3 is 2.28 bits per heavy atom.